The van der Waals surface area contributed by atoms with E-state index in [2.05, 4.69) is 79.7 Å². The zero-order valence-electron chi connectivity index (χ0n) is 14.6. The first-order valence-corrected chi connectivity index (χ1v) is 8.88. The van der Waals surface area contributed by atoms with Crippen LogP contribution in [0.3, 0.4) is 0 Å². The Hall–Kier alpha value is -3.32. The summed E-state index contributed by atoms with van der Waals surface area (Å²) >= 11 is 0. The van der Waals surface area contributed by atoms with E-state index < -0.39 is 0 Å². The van der Waals surface area contributed by atoms with Crippen LogP contribution in [-0.2, 0) is 0 Å². The zero-order valence-corrected chi connectivity index (χ0v) is 14.6. The van der Waals surface area contributed by atoms with Gasteiger partial charge in [-0.2, -0.15) is 0 Å². The highest BCUT2D eigenvalue weighted by molar-refractivity contribution is 6.12. The molecule has 0 spiro atoms. The number of benzene rings is 4. The second kappa shape index (κ2) is 5.89. The van der Waals surface area contributed by atoms with Crippen molar-refractivity contribution in [3.63, 3.8) is 0 Å². The van der Waals surface area contributed by atoms with Gasteiger partial charge in [-0.05, 0) is 52.9 Å². The first-order chi connectivity index (χ1) is 12.8. The van der Waals surface area contributed by atoms with Crippen molar-refractivity contribution in [2.45, 2.75) is 6.92 Å². The van der Waals surface area contributed by atoms with Gasteiger partial charge >= 0.3 is 0 Å². The van der Waals surface area contributed by atoms with Gasteiger partial charge in [0.2, 0.25) is 0 Å². The second-order valence-electron chi connectivity index (χ2n) is 6.67. The number of rotatable bonds is 2. The SMILES string of the molecule is Cc1ccc(-c2cccc3oc4ccccc4c23)cc1-c1ccccc1. The monoisotopic (exact) mass is 334 g/mol. The topological polar surface area (TPSA) is 13.1 Å². The zero-order chi connectivity index (χ0) is 17.5. The molecular weight excluding hydrogens is 316 g/mol. The van der Waals surface area contributed by atoms with Gasteiger partial charge < -0.3 is 4.42 Å². The normalized spacial score (nSPS) is 11.3. The molecule has 0 saturated heterocycles. The Morgan fingerprint density at radius 3 is 2.23 bits per heavy atom. The smallest absolute Gasteiger partial charge is 0.136 e. The van der Waals surface area contributed by atoms with Gasteiger partial charge in [0.05, 0.1) is 0 Å². The van der Waals surface area contributed by atoms with Crippen LogP contribution in [0, 0.1) is 6.92 Å². The Morgan fingerprint density at radius 1 is 0.577 bits per heavy atom. The summed E-state index contributed by atoms with van der Waals surface area (Å²) in [5.41, 5.74) is 8.10. The quantitative estimate of drug-likeness (QED) is 0.332. The van der Waals surface area contributed by atoms with Gasteiger partial charge in [0.1, 0.15) is 11.2 Å². The van der Waals surface area contributed by atoms with E-state index in [0.717, 1.165) is 11.2 Å². The van der Waals surface area contributed by atoms with Gasteiger partial charge in [0, 0.05) is 10.8 Å². The number of hydrogen-bond donors (Lipinski definition) is 0. The molecule has 5 aromatic rings. The highest BCUT2D eigenvalue weighted by atomic mass is 16.3. The lowest BCUT2D eigenvalue weighted by Gasteiger charge is -2.10. The van der Waals surface area contributed by atoms with Crippen LogP contribution in [0.15, 0.2) is 95.4 Å². The summed E-state index contributed by atoms with van der Waals surface area (Å²) in [6.07, 6.45) is 0. The van der Waals surface area contributed by atoms with Gasteiger partial charge in [-0.25, -0.2) is 0 Å². The highest BCUT2D eigenvalue weighted by Crippen LogP contribution is 2.38. The van der Waals surface area contributed by atoms with E-state index in [1.165, 1.54) is 38.6 Å². The van der Waals surface area contributed by atoms with E-state index in [1.54, 1.807) is 0 Å². The van der Waals surface area contributed by atoms with Crippen LogP contribution in [0.4, 0.5) is 0 Å². The van der Waals surface area contributed by atoms with Crippen LogP contribution in [0.25, 0.3) is 44.2 Å². The van der Waals surface area contributed by atoms with E-state index in [-0.39, 0.29) is 0 Å². The fourth-order valence-corrected chi connectivity index (χ4v) is 3.73. The molecule has 0 bridgehead atoms. The Labute approximate surface area is 152 Å². The maximum atomic E-state index is 6.05. The molecule has 5 rings (SSSR count). The maximum Gasteiger partial charge on any atom is 0.136 e. The summed E-state index contributed by atoms with van der Waals surface area (Å²) in [4.78, 5) is 0. The highest BCUT2D eigenvalue weighted by Gasteiger charge is 2.13. The van der Waals surface area contributed by atoms with E-state index in [0.29, 0.717) is 0 Å². The third-order valence-corrected chi connectivity index (χ3v) is 5.04. The second-order valence-corrected chi connectivity index (χ2v) is 6.67. The molecule has 1 heterocycles. The van der Waals surface area contributed by atoms with Gasteiger partial charge in [-0.3, -0.25) is 0 Å². The molecule has 1 heteroatoms. The molecule has 0 unspecified atom stereocenters. The first kappa shape index (κ1) is 15.0. The van der Waals surface area contributed by atoms with Crippen molar-refractivity contribution in [1.82, 2.24) is 0 Å². The van der Waals surface area contributed by atoms with Crippen molar-refractivity contribution >= 4 is 21.9 Å². The van der Waals surface area contributed by atoms with E-state index in [1.807, 2.05) is 18.2 Å². The van der Waals surface area contributed by atoms with Gasteiger partial charge in [-0.15, -0.1) is 0 Å². The standard InChI is InChI=1S/C25H18O/c1-17-14-15-19(16-22(17)18-8-3-2-4-9-18)20-11-7-13-24-25(20)21-10-5-6-12-23(21)26-24/h2-16H,1H3. The Morgan fingerprint density at radius 2 is 1.35 bits per heavy atom. The fraction of sp³-hybridized carbons (Fsp3) is 0.0400. The first-order valence-electron chi connectivity index (χ1n) is 8.88. The van der Waals surface area contributed by atoms with E-state index >= 15 is 0 Å². The third-order valence-electron chi connectivity index (χ3n) is 5.04. The Kier molecular flexibility index (Phi) is 3.39. The molecule has 0 amide bonds. The van der Waals surface area contributed by atoms with Gasteiger partial charge in [-0.1, -0.05) is 72.8 Å². The molecule has 0 N–H and O–H groups in total. The fourth-order valence-electron chi connectivity index (χ4n) is 3.73. The summed E-state index contributed by atoms with van der Waals surface area (Å²) in [7, 11) is 0. The molecule has 0 fully saturated rings. The summed E-state index contributed by atoms with van der Waals surface area (Å²) in [5.74, 6) is 0. The molecular formula is C25H18O. The number of furan rings is 1. The molecule has 1 nitrogen and oxygen atoms in total. The van der Waals surface area contributed by atoms with Crippen LogP contribution in [0.2, 0.25) is 0 Å². The number of para-hydroxylation sites is 1. The Balaban J connectivity index is 1.79. The predicted octanol–water partition coefficient (Wildman–Crippen LogP) is 7.23. The minimum absolute atomic E-state index is 0.936. The summed E-state index contributed by atoms with van der Waals surface area (Å²) in [6.45, 7) is 2.17. The minimum Gasteiger partial charge on any atom is -0.456 e. The van der Waals surface area contributed by atoms with Gasteiger partial charge in [0.15, 0.2) is 0 Å². The van der Waals surface area contributed by atoms with Crippen molar-refractivity contribution in [1.29, 1.82) is 0 Å². The van der Waals surface area contributed by atoms with Crippen LogP contribution in [0.5, 0.6) is 0 Å². The summed E-state index contributed by atoms with van der Waals surface area (Å²) < 4.78 is 6.05. The summed E-state index contributed by atoms with van der Waals surface area (Å²) in [6, 6.07) is 31.8. The van der Waals surface area contributed by atoms with Crippen molar-refractivity contribution in [2.24, 2.45) is 0 Å². The van der Waals surface area contributed by atoms with Crippen LogP contribution >= 0.6 is 0 Å². The summed E-state index contributed by atoms with van der Waals surface area (Å²) in [5, 5.41) is 2.35. The van der Waals surface area contributed by atoms with Gasteiger partial charge in [0.25, 0.3) is 0 Å². The average molecular weight is 334 g/mol. The Bertz CT molecular complexity index is 1230. The van der Waals surface area contributed by atoms with Crippen LogP contribution < -0.4 is 0 Å². The molecule has 0 aliphatic heterocycles. The van der Waals surface area contributed by atoms with Crippen LogP contribution in [0.1, 0.15) is 5.56 Å². The van der Waals surface area contributed by atoms with Crippen molar-refractivity contribution in [3.8, 4) is 22.3 Å². The number of aryl methyl sites for hydroxylation is 1. The third kappa shape index (κ3) is 2.33. The average Bonchev–Trinajstić information content (AvgIpc) is 3.08. The minimum atomic E-state index is 0.936. The molecule has 26 heavy (non-hydrogen) atoms. The van der Waals surface area contributed by atoms with Crippen LogP contribution in [-0.4, -0.2) is 0 Å². The lowest BCUT2D eigenvalue weighted by Crippen LogP contribution is -1.86. The molecule has 0 aliphatic rings. The van der Waals surface area contributed by atoms with E-state index in [9.17, 15) is 0 Å². The van der Waals surface area contributed by atoms with E-state index in [4.69, 9.17) is 4.42 Å². The largest absolute Gasteiger partial charge is 0.456 e. The molecule has 0 aliphatic carbocycles. The number of hydrogen-bond acceptors (Lipinski definition) is 1. The molecule has 0 atom stereocenters. The van der Waals surface area contributed by atoms with Crippen molar-refractivity contribution in [3.05, 3.63) is 96.6 Å². The molecule has 124 valence electrons. The molecule has 4 aromatic carbocycles. The molecule has 1 aromatic heterocycles. The predicted molar refractivity (Wildman–Crippen MR) is 109 cm³/mol. The maximum absolute atomic E-state index is 6.05. The molecule has 0 radical (unpaired) electrons. The van der Waals surface area contributed by atoms with Crippen molar-refractivity contribution < 1.29 is 4.42 Å². The lowest BCUT2D eigenvalue weighted by atomic mass is 9.93. The molecule has 0 saturated carbocycles. The lowest BCUT2D eigenvalue weighted by molar-refractivity contribution is 0.669. The van der Waals surface area contributed by atoms with Crippen molar-refractivity contribution in [2.75, 3.05) is 0 Å². The number of fused-ring (bicyclic) bond motifs is 3.